The normalized spacial score (nSPS) is 16.9. The predicted molar refractivity (Wildman–Crippen MR) is 40.3 cm³/mol. The Balaban J connectivity index is 3.43. The van der Waals surface area contributed by atoms with Crippen LogP contribution in [0.4, 0.5) is 0 Å². The van der Waals surface area contributed by atoms with Gasteiger partial charge in [-0.1, -0.05) is 0 Å². The average molecular weight is 164 g/mol. The first-order valence-electron chi connectivity index (χ1n) is 3.77. The van der Waals surface area contributed by atoms with Crippen molar-refractivity contribution in [1.29, 1.82) is 0 Å². The fourth-order valence-corrected chi connectivity index (χ4v) is 0.591. The number of quaternary nitrogens is 2. The molecule has 68 valence electrons. The number of hydroxylamine groups is 4. The molecule has 0 aliphatic rings. The van der Waals surface area contributed by atoms with E-state index in [9.17, 15) is 10.4 Å². The minimum absolute atomic E-state index is 0.0735. The SMILES string of the molecule is CC[NH+]([O-])C[NH+]([O-])OC(C)C. The van der Waals surface area contributed by atoms with Crippen LogP contribution in [0.2, 0.25) is 0 Å². The molecule has 5 heteroatoms. The smallest absolute Gasteiger partial charge is 0.233 e. The van der Waals surface area contributed by atoms with Gasteiger partial charge in [-0.3, -0.25) is 0 Å². The van der Waals surface area contributed by atoms with Gasteiger partial charge in [0.25, 0.3) is 0 Å². The molecule has 5 nitrogen and oxygen atoms in total. The van der Waals surface area contributed by atoms with Gasteiger partial charge in [-0.25, -0.2) is 0 Å². The summed E-state index contributed by atoms with van der Waals surface area (Å²) in [5.74, 6) is 0. The molecule has 0 spiro atoms. The second-order valence-corrected chi connectivity index (χ2v) is 2.61. The molecule has 0 aromatic heterocycles. The Bertz CT molecular complexity index is 99.8. The molecule has 0 fully saturated rings. The van der Waals surface area contributed by atoms with Gasteiger partial charge >= 0.3 is 0 Å². The van der Waals surface area contributed by atoms with Crippen molar-refractivity contribution in [3.05, 3.63) is 10.4 Å². The molecule has 0 bridgehead atoms. The summed E-state index contributed by atoms with van der Waals surface area (Å²) in [4.78, 5) is 4.76. The Morgan fingerprint density at radius 1 is 1.36 bits per heavy atom. The maximum Gasteiger partial charge on any atom is 0.233 e. The number of hydrogen-bond acceptors (Lipinski definition) is 3. The van der Waals surface area contributed by atoms with Gasteiger partial charge < -0.3 is 15.5 Å². The van der Waals surface area contributed by atoms with Gasteiger partial charge in [-0.2, -0.15) is 10.1 Å². The van der Waals surface area contributed by atoms with E-state index in [1.165, 1.54) is 0 Å². The van der Waals surface area contributed by atoms with E-state index >= 15 is 0 Å². The van der Waals surface area contributed by atoms with E-state index in [2.05, 4.69) is 0 Å². The van der Waals surface area contributed by atoms with Crippen LogP contribution in [0.1, 0.15) is 20.8 Å². The Labute approximate surface area is 66.6 Å². The minimum Gasteiger partial charge on any atom is -0.630 e. The fourth-order valence-electron chi connectivity index (χ4n) is 0.591. The molecular weight excluding hydrogens is 148 g/mol. The first-order valence-corrected chi connectivity index (χ1v) is 3.77. The first-order chi connectivity index (χ1) is 5.06. The van der Waals surface area contributed by atoms with Crippen molar-refractivity contribution >= 4 is 0 Å². The maximum absolute atomic E-state index is 10.8. The highest BCUT2D eigenvalue weighted by atomic mass is 16.9. The van der Waals surface area contributed by atoms with Crippen LogP contribution in [-0.2, 0) is 4.84 Å². The van der Waals surface area contributed by atoms with Crippen LogP contribution in [0.25, 0.3) is 0 Å². The van der Waals surface area contributed by atoms with Crippen LogP contribution in [0.15, 0.2) is 0 Å². The van der Waals surface area contributed by atoms with Crippen LogP contribution in [0.3, 0.4) is 0 Å². The van der Waals surface area contributed by atoms with E-state index in [0.717, 1.165) is 0 Å². The molecule has 0 radical (unpaired) electrons. The lowest BCUT2D eigenvalue weighted by Crippen LogP contribution is -3.26. The van der Waals surface area contributed by atoms with Crippen LogP contribution >= 0.6 is 0 Å². The minimum atomic E-state index is -0.424. The third kappa shape index (κ3) is 6.21. The quantitative estimate of drug-likeness (QED) is 0.367. The Kier molecular flexibility index (Phi) is 5.35. The standard InChI is InChI=1S/C6H16N2O3/c1-4-7(9)5-8(10)11-6(2)3/h6-8H,4-5H2,1-3H3. The van der Waals surface area contributed by atoms with E-state index in [0.29, 0.717) is 6.54 Å². The molecule has 2 N–H and O–H groups in total. The highest BCUT2D eigenvalue weighted by Crippen LogP contribution is 1.75. The van der Waals surface area contributed by atoms with Crippen LogP contribution < -0.4 is 10.3 Å². The van der Waals surface area contributed by atoms with Crippen molar-refractivity contribution in [2.45, 2.75) is 26.9 Å². The van der Waals surface area contributed by atoms with Crippen molar-refractivity contribution in [2.75, 3.05) is 13.2 Å². The number of hydrogen-bond donors (Lipinski definition) is 2. The van der Waals surface area contributed by atoms with Gasteiger partial charge in [0.2, 0.25) is 6.67 Å². The molecule has 0 aliphatic carbocycles. The molecule has 0 aliphatic heterocycles. The molecule has 0 aromatic carbocycles. The molecule has 0 saturated carbocycles. The van der Waals surface area contributed by atoms with Gasteiger partial charge in [0.05, 0.1) is 6.54 Å². The molecule has 0 saturated heterocycles. The summed E-state index contributed by atoms with van der Waals surface area (Å²) in [6, 6.07) is 0. The van der Waals surface area contributed by atoms with E-state index in [4.69, 9.17) is 4.84 Å². The topological polar surface area (TPSA) is 64.2 Å². The lowest BCUT2D eigenvalue weighted by molar-refractivity contribution is -1.15. The van der Waals surface area contributed by atoms with Crippen molar-refractivity contribution in [1.82, 2.24) is 0 Å². The van der Waals surface area contributed by atoms with E-state index < -0.39 is 5.23 Å². The molecular formula is C6H16N2O3. The summed E-state index contributed by atoms with van der Waals surface area (Å²) in [5, 5.41) is 21.0. The van der Waals surface area contributed by atoms with E-state index in [1.807, 2.05) is 0 Å². The number of rotatable bonds is 5. The van der Waals surface area contributed by atoms with Crippen molar-refractivity contribution in [3.63, 3.8) is 0 Å². The van der Waals surface area contributed by atoms with Gasteiger partial charge in [-0.15, -0.1) is 0 Å². The molecule has 11 heavy (non-hydrogen) atoms. The van der Waals surface area contributed by atoms with E-state index in [1.54, 1.807) is 20.8 Å². The van der Waals surface area contributed by atoms with Crippen molar-refractivity contribution in [3.8, 4) is 0 Å². The molecule has 0 rings (SSSR count). The fraction of sp³-hybridized carbons (Fsp3) is 1.00. The lowest BCUT2D eigenvalue weighted by Gasteiger charge is -2.27. The molecule has 2 atom stereocenters. The highest BCUT2D eigenvalue weighted by molar-refractivity contribution is 4.25. The second kappa shape index (κ2) is 5.45. The Morgan fingerprint density at radius 3 is 2.27 bits per heavy atom. The van der Waals surface area contributed by atoms with Gasteiger partial charge in [0.15, 0.2) is 0 Å². The zero-order chi connectivity index (χ0) is 8.85. The zero-order valence-electron chi connectivity index (χ0n) is 7.22. The molecule has 0 heterocycles. The first kappa shape index (κ1) is 10.8. The summed E-state index contributed by atoms with van der Waals surface area (Å²) in [6.45, 7) is 5.55. The van der Waals surface area contributed by atoms with E-state index in [-0.39, 0.29) is 17.8 Å². The summed E-state index contributed by atoms with van der Waals surface area (Å²) in [7, 11) is 0. The summed E-state index contributed by atoms with van der Waals surface area (Å²) < 4.78 is 0. The molecule has 2 unspecified atom stereocenters. The summed E-state index contributed by atoms with van der Waals surface area (Å²) in [5.41, 5.74) is 0. The summed E-state index contributed by atoms with van der Waals surface area (Å²) >= 11 is 0. The monoisotopic (exact) mass is 164 g/mol. The maximum atomic E-state index is 10.8. The number of nitrogens with one attached hydrogen (secondary N) is 2. The third-order valence-electron chi connectivity index (χ3n) is 1.10. The van der Waals surface area contributed by atoms with Crippen molar-refractivity contribution < 1.29 is 15.1 Å². The Hall–Kier alpha value is -0.200. The van der Waals surface area contributed by atoms with Crippen LogP contribution in [0, 0.1) is 10.4 Å². The third-order valence-corrected chi connectivity index (χ3v) is 1.10. The lowest BCUT2D eigenvalue weighted by atomic mass is 10.5. The zero-order valence-corrected chi connectivity index (χ0v) is 7.22. The molecule has 0 aromatic rings. The van der Waals surface area contributed by atoms with Crippen molar-refractivity contribution in [2.24, 2.45) is 0 Å². The Morgan fingerprint density at radius 2 is 1.91 bits per heavy atom. The summed E-state index contributed by atoms with van der Waals surface area (Å²) in [6.07, 6.45) is -0.132. The van der Waals surface area contributed by atoms with Gasteiger partial charge in [-0.05, 0) is 20.8 Å². The van der Waals surface area contributed by atoms with Crippen LogP contribution in [-0.4, -0.2) is 19.3 Å². The average Bonchev–Trinajstić information content (AvgIpc) is 1.85. The largest absolute Gasteiger partial charge is 0.630 e. The predicted octanol–water partition coefficient (Wildman–Crippen LogP) is -1.93. The van der Waals surface area contributed by atoms with Gasteiger partial charge in [0, 0.05) is 0 Å². The second-order valence-electron chi connectivity index (χ2n) is 2.61. The molecule has 0 amide bonds. The van der Waals surface area contributed by atoms with Gasteiger partial charge in [0.1, 0.15) is 6.10 Å². The highest BCUT2D eigenvalue weighted by Gasteiger charge is 2.04. The van der Waals surface area contributed by atoms with Crippen LogP contribution in [0.5, 0.6) is 0 Å².